The van der Waals surface area contributed by atoms with Gasteiger partial charge in [-0.25, -0.2) is 14.6 Å². The normalized spacial score (nSPS) is 11.3. The zero-order chi connectivity index (χ0) is 20.0. The SMILES string of the molecule is Cc1ccc2nc(Cn3cnc4c(cnn4-c4ccccc4)c3=O)cc(=O)n2c1. The fraction of sp³-hybridized carbons (Fsp3) is 0.0952. The summed E-state index contributed by atoms with van der Waals surface area (Å²) in [6, 6.07) is 14.6. The predicted octanol–water partition coefficient (Wildman–Crippen LogP) is 1.95. The van der Waals surface area contributed by atoms with Crippen molar-refractivity contribution in [2.75, 3.05) is 0 Å². The van der Waals surface area contributed by atoms with Crippen molar-refractivity contribution < 1.29 is 0 Å². The minimum atomic E-state index is -0.233. The van der Waals surface area contributed by atoms with E-state index in [0.29, 0.717) is 22.4 Å². The van der Waals surface area contributed by atoms with E-state index in [2.05, 4.69) is 15.1 Å². The molecule has 142 valence electrons. The van der Waals surface area contributed by atoms with Gasteiger partial charge in [0.2, 0.25) is 0 Å². The van der Waals surface area contributed by atoms with E-state index in [-0.39, 0.29) is 17.7 Å². The van der Waals surface area contributed by atoms with Crippen LogP contribution in [0.4, 0.5) is 0 Å². The molecule has 4 heterocycles. The zero-order valence-electron chi connectivity index (χ0n) is 15.6. The first-order valence-electron chi connectivity index (χ1n) is 9.08. The summed E-state index contributed by atoms with van der Waals surface area (Å²) in [5.41, 5.74) is 2.90. The van der Waals surface area contributed by atoms with Crippen LogP contribution in [0.2, 0.25) is 0 Å². The molecule has 0 saturated carbocycles. The Labute approximate surface area is 164 Å². The standard InChI is InChI=1S/C21H16N6O2/c1-14-7-8-18-24-15(9-19(28)26(18)11-14)12-25-13-22-20-17(21(25)29)10-23-27(20)16-5-3-2-4-6-16/h2-11,13H,12H2,1H3. The summed E-state index contributed by atoms with van der Waals surface area (Å²) in [5.74, 6) is 0. The Bertz CT molecular complexity index is 1480. The molecule has 0 N–H and O–H groups in total. The summed E-state index contributed by atoms with van der Waals surface area (Å²) in [6.45, 7) is 2.06. The molecule has 4 aromatic heterocycles. The number of rotatable bonds is 3. The fourth-order valence-corrected chi connectivity index (χ4v) is 3.33. The molecule has 0 bridgehead atoms. The van der Waals surface area contributed by atoms with Gasteiger partial charge in [-0.3, -0.25) is 18.6 Å². The number of aromatic nitrogens is 6. The molecule has 0 spiro atoms. The van der Waals surface area contributed by atoms with E-state index in [4.69, 9.17) is 0 Å². The highest BCUT2D eigenvalue weighted by molar-refractivity contribution is 5.74. The van der Waals surface area contributed by atoms with Gasteiger partial charge in [-0.15, -0.1) is 0 Å². The summed E-state index contributed by atoms with van der Waals surface area (Å²) >= 11 is 0. The Morgan fingerprint density at radius 3 is 2.69 bits per heavy atom. The first-order chi connectivity index (χ1) is 14.1. The van der Waals surface area contributed by atoms with E-state index in [1.165, 1.54) is 27.6 Å². The molecular weight excluding hydrogens is 368 g/mol. The number of pyridine rings is 1. The molecule has 0 saturated heterocycles. The van der Waals surface area contributed by atoms with Crippen LogP contribution in [0.1, 0.15) is 11.3 Å². The lowest BCUT2D eigenvalue weighted by Gasteiger charge is -2.08. The highest BCUT2D eigenvalue weighted by Gasteiger charge is 2.12. The predicted molar refractivity (Wildman–Crippen MR) is 108 cm³/mol. The summed E-state index contributed by atoms with van der Waals surface area (Å²) in [6.07, 6.45) is 4.72. The van der Waals surface area contributed by atoms with Crippen LogP contribution in [0, 0.1) is 6.92 Å². The maximum Gasteiger partial charge on any atom is 0.264 e. The maximum atomic E-state index is 12.9. The Balaban J connectivity index is 1.57. The monoisotopic (exact) mass is 384 g/mol. The Hall–Kier alpha value is -4.07. The molecule has 1 aromatic carbocycles. The van der Waals surface area contributed by atoms with Crippen molar-refractivity contribution in [3.63, 3.8) is 0 Å². The number of para-hydroxylation sites is 1. The van der Waals surface area contributed by atoms with E-state index in [1.54, 1.807) is 16.9 Å². The van der Waals surface area contributed by atoms with E-state index in [9.17, 15) is 9.59 Å². The Kier molecular flexibility index (Phi) is 3.83. The van der Waals surface area contributed by atoms with Gasteiger partial charge in [0.15, 0.2) is 5.65 Å². The summed E-state index contributed by atoms with van der Waals surface area (Å²) in [5, 5.41) is 4.72. The lowest BCUT2D eigenvalue weighted by Crippen LogP contribution is -2.23. The summed E-state index contributed by atoms with van der Waals surface area (Å²) in [7, 11) is 0. The van der Waals surface area contributed by atoms with Gasteiger partial charge in [0, 0.05) is 12.3 Å². The molecule has 29 heavy (non-hydrogen) atoms. The molecule has 0 aliphatic carbocycles. The minimum Gasteiger partial charge on any atom is -0.292 e. The van der Waals surface area contributed by atoms with Crippen LogP contribution in [0.25, 0.3) is 22.4 Å². The van der Waals surface area contributed by atoms with Gasteiger partial charge in [-0.1, -0.05) is 24.3 Å². The molecule has 0 aliphatic rings. The molecule has 5 aromatic rings. The van der Waals surface area contributed by atoms with Gasteiger partial charge in [-0.2, -0.15) is 5.10 Å². The molecule has 8 heteroatoms. The molecule has 8 nitrogen and oxygen atoms in total. The van der Waals surface area contributed by atoms with E-state index >= 15 is 0 Å². The third-order valence-corrected chi connectivity index (χ3v) is 4.75. The highest BCUT2D eigenvalue weighted by atomic mass is 16.1. The van der Waals surface area contributed by atoms with Crippen LogP contribution in [0.5, 0.6) is 0 Å². The Morgan fingerprint density at radius 1 is 1.03 bits per heavy atom. The van der Waals surface area contributed by atoms with Crippen molar-refractivity contribution in [1.82, 2.24) is 28.7 Å². The number of benzene rings is 1. The number of aryl methyl sites for hydroxylation is 1. The van der Waals surface area contributed by atoms with Crippen LogP contribution in [0.3, 0.4) is 0 Å². The van der Waals surface area contributed by atoms with Crippen molar-refractivity contribution >= 4 is 16.7 Å². The lowest BCUT2D eigenvalue weighted by atomic mass is 10.3. The number of hydrogen-bond donors (Lipinski definition) is 0. The lowest BCUT2D eigenvalue weighted by molar-refractivity contribution is 0.724. The van der Waals surface area contributed by atoms with Gasteiger partial charge in [0.05, 0.1) is 24.1 Å². The van der Waals surface area contributed by atoms with Gasteiger partial charge < -0.3 is 0 Å². The second-order valence-corrected chi connectivity index (χ2v) is 6.83. The van der Waals surface area contributed by atoms with Crippen molar-refractivity contribution in [3.05, 3.63) is 99.2 Å². The van der Waals surface area contributed by atoms with Crippen molar-refractivity contribution in [2.45, 2.75) is 13.5 Å². The summed E-state index contributed by atoms with van der Waals surface area (Å²) < 4.78 is 4.56. The first kappa shape index (κ1) is 17.1. The van der Waals surface area contributed by atoms with Crippen molar-refractivity contribution in [3.8, 4) is 5.69 Å². The second kappa shape index (κ2) is 6.52. The topological polar surface area (TPSA) is 87.1 Å². The van der Waals surface area contributed by atoms with Crippen molar-refractivity contribution in [1.29, 1.82) is 0 Å². The Morgan fingerprint density at radius 2 is 1.86 bits per heavy atom. The second-order valence-electron chi connectivity index (χ2n) is 6.83. The van der Waals surface area contributed by atoms with Crippen LogP contribution in [-0.4, -0.2) is 28.7 Å². The van der Waals surface area contributed by atoms with Gasteiger partial charge in [0.1, 0.15) is 17.4 Å². The minimum absolute atomic E-state index is 0.151. The quantitative estimate of drug-likeness (QED) is 0.474. The van der Waals surface area contributed by atoms with Crippen LogP contribution in [-0.2, 0) is 6.54 Å². The van der Waals surface area contributed by atoms with E-state index in [1.807, 2.05) is 43.3 Å². The van der Waals surface area contributed by atoms with Gasteiger partial charge >= 0.3 is 0 Å². The first-order valence-corrected chi connectivity index (χ1v) is 9.08. The number of fused-ring (bicyclic) bond motifs is 2. The van der Waals surface area contributed by atoms with E-state index < -0.39 is 0 Å². The third-order valence-electron chi connectivity index (χ3n) is 4.75. The molecular formula is C21H16N6O2. The van der Waals surface area contributed by atoms with Crippen LogP contribution < -0.4 is 11.1 Å². The van der Waals surface area contributed by atoms with Crippen LogP contribution in [0.15, 0.2) is 76.8 Å². The average molecular weight is 384 g/mol. The number of hydrogen-bond acceptors (Lipinski definition) is 5. The molecule has 5 rings (SSSR count). The molecule has 0 aliphatic heterocycles. The zero-order valence-corrected chi connectivity index (χ0v) is 15.6. The molecule has 0 fully saturated rings. The smallest absolute Gasteiger partial charge is 0.264 e. The number of nitrogens with zero attached hydrogens (tertiary/aromatic N) is 6. The largest absolute Gasteiger partial charge is 0.292 e. The fourth-order valence-electron chi connectivity index (χ4n) is 3.33. The highest BCUT2D eigenvalue weighted by Crippen LogP contribution is 2.13. The molecule has 0 atom stereocenters. The third kappa shape index (κ3) is 2.91. The van der Waals surface area contributed by atoms with Gasteiger partial charge in [0.25, 0.3) is 11.1 Å². The van der Waals surface area contributed by atoms with Crippen LogP contribution >= 0.6 is 0 Å². The summed E-state index contributed by atoms with van der Waals surface area (Å²) in [4.78, 5) is 34.3. The van der Waals surface area contributed by atoms with Gasteiger partial charge in [-0.05, 0) is 30.7 Å². The van der Waals surface area contributed by atoms with E-state index in [0.717, 1.165) is 11.3 Å². The maximum absolute atomic E-state index is 12.9. The molecule has 0 unspecified atom stereocenters. The average Bonchev–Trinajstić information content (AvgIpc) is 3.16. The molecule has 0 radical (unpaired) electrons. The van der Waals surface area contributed by atoms with Crippen molar-refractivity contribution in [2.24, 2.45) is 0 Å². The molecule has 0 amide bonds.